The number of nitrogens with zero attached hydrogens (tertiary/aromatic N) is 1. The summed E-state index contributed by atoms with van der Waals surface area (Å²) in [5.41, 5.74) is 1.83. The van der Waals surface area contributed by atoms with Gasteiger partial charge in [0, 0.05) is 23.1 Å². The van der Waals surface area contributed by atoms with Crippen molar-refractivity contribution in [3.05, 3.63) is 45.5 Å². The highest BCUT2D eigenvalue weighted by molar-refractivity contribution is 7.09. The molecule has 0 aromatic carbocycles. The fourth-order valence-corrected chi connectivity index (χ4v) is 9.12. The smallest absolute Gasteiger partial charge is 0.309 e. The molecule has 0 fully saturated rings. The van der Waals surface area contributed by atoms with E-state index in [4.69, 9.17) is 9.16 Å². The molecule has 0 bridgehead atoms. The van der Waals surface area contributed by atoms with Gasteiger partial charge in [0.15, 0.2) is 8.32 Å². The number of aliphatic hydroxyl groups excluding tert-OH is 1. The predicted molar refractivity (Wildman–Crippen MR) is 172 cm³/mol. The van der Waals surface area contributed by atoms with E-state index in [-0.39, 0.29) is 24.1 Å². The number of esters is 1. The van der Waals surface area contributed by atoms with E-state index in [1.807, 2.05) is 65.2 Å². The molecule has 0 saturated heterocycles. The van der Waals surface area contributed by atoms with Gasteiger partial charge in [-0.25, -0.2) is 4.98 Å². The fraction of sp³-hybridized carbons (Fsp3) is 0.667. The normalized spacial score (nSPS) is 29.5. The van der Waals surface area contributed by atoms with Gasteiger partial charge >= 0.3 is 5.97 Å². The maximum absolute atomic E-state index is 14.0. The Hall–Kier alpha value is -1.87. The Morgan fingerprint density at radius 2 is 1.80 bits per heavy atom. The number of hydrogen-bond acceptors (Lipinski definition) is 7. The first-order valence-electron chi connectivity index (χ1n) is 15.2. The molecule has 1 aliphatic rings. The average Bonchev–Trinajstić information content (AvgIpc) is 3.35. The van der Waals surface area contributed by atoms with Crippen molar-refractivity contribution >= 4 is 37.5 Å². The van der Waals surface area contributed by atoms with E-state index >= 15 is 0 Å². The van der Waals surface area contributed by atoms with Crippen molar-refractivity contribution in [3.8, 4) is 0 Å². The number of aromatic nitrogens is 1. The van der Waals surface area contributed by atoms with Crippen LogP contribution in [0.2, 0.25) is 18.1 Å². The summed E-state index contributed by atoms with van der Waals surface area (Å²) in [5.74, 6) is -1.16. The highest BCUT2D eigenvalue weighted by Gasteiger charge is 2.46. The minimum absolute atomic E-state index is 0.0198. The standard InChI is InChI=1S/C33H53NO5SSi/c1-11-41(12-2,13-3)39-29-20-30(35)38-28(24(6)19-27-21-40-26(8)34-27)18-17-22(4)15-14-16-23(5)31(36)25(7)32(37)33(29,9)10/h14-15,17,19,21,23,25,28-29,31,36H,11-13,16,18,20H2,1-10H3/b15-14+,22-17-,24-19+/t23-,25+,28?,29-,31-/m0/s1. The molecule has 1 N–H and O–H groups in total. The zero-order valence-electron chi connectivity index (χ0n) is 27.0. The van der Waals surface area contributed by atoms with Gasteiger partial charge < -0.3 is 14.3 Å². The summed E-state index contributed by atoms with van der Waals surface area (Å²) >= 11 is 1.59. The summed E-state index contributed by atoms with van der Waals surface area (Å²) in [6.07, 6.45) is 7.39. The Bertz CT molecular complexity index is 1110. The van der Waals surface area contributed by atoms with Gasteiger partial charge in [0.1, 0.15) is 11.9 Å². The van der Waals surface area contributed by atoms with E-state index in [0.29, 0.717) is 12.8 Å². The van der Waals surface area contributed by atoms with Gasteiger partial charge in [-0.1, -0.05) is 72.3 Å². The largest absolute Gasteiger partial charge is 0.457 e. The van der Waals surface area contributed by atoms with Crippen LogP contribution >= 0.6 is 11.3 Å². The lowest BCUT2D eigenvalue weighted by atomic mass is 9.73. The fourth-order valence-electron chi connectivity index (χ4n) is 5.57. The molecule has 0 radical (unpaired) electrons. The molecule has 1 aromatic rings. The topological polar surface area (TPSA) is 85.7 Å². The summed E-state index contributed by atoms with van der Waals surface area (Å²) in [6, 6.07) is 2.71. The molecule has 1 aliphatic heterocycles. The molecule has 8 heteroatoms. The minimum Gasteiger partial charge on any atom is -0.457 e. The third-order valence-electron chi connectivity index (χ3n) is 8.96. The molecule has 0 aliphatic carbocycles. The summed E-state index contributed by atoms with van der Waals surface area (Å²) in [4.78, 5) is 32.2. The van der Waals surface area contributed by atoms with Gasteiger partial charge in [-0.3, -0.25) is 9.59 Å². The highest BCUT2D eigenvalue weighted by Crippen LogP contribution is 2.37. The number of allylic oxidation sites excluding steroid dienone is 3. The van der Waals surface area contributed by atoms with Gasteiger partial charge in [0.25, 0.3) is 0 Å². The van der Waals surface area contributed by atoms with Gasteiger partial charge in [-0.05, 0) is 62.9 Å². The predicted octanol–water partition coefficient (Wildman–Crippen LogP) is 8.07. The van der Waals surface area contributed by atoms with Crippen LogP contribution in [0, 0.1) is 24.2 Å². The lowest BCUT2D eigenvalue weighted by Crippen LogP contribution is -2.51. The number of Topliss-reactive ketones (excluding diaryl/α,β-unsaturated/α-hetero) is 1. The van der Waals surface area contributed by atoms with Crippen LogP contribution in [0.3, 0.4) is 0 Å². The quantitative estimate of drug-likeness (QED) is 0.251. The van der Waals surface area contributed by atoms with Crippen molar-refractivity contribution < 1.29 is 23.9 Å². The van der Waals surface area contributed by atoms with Crippen molar-refractivity contribution in [2.45, 2.75) is 125 Å². The first-order valence-corrected chi connectivity index (χ1v) is 18.6. The van der Waals surface area contributed by atoms with Gasteiger partial charge in [0.2, 0.25) is 0 Å². The monoisotopic (exact) mass is 603 g/mol. The third-order valence-corrected chi connectivity index (χ3v) is 14.4. The maximum Gasteiger partial charge on any atom is 0.309 e. The van der Waals surface area contributed by atoms with Crippen molar-refractivity contribution in [2.24, 2.45) is 17.3 Å². The molecule has 0 amide bonds. The van der Waals surface area contributed by atoms with Crippen LogP contribution in [0.4, 0.5) is 0 Å². The van der Waals surface area contributed by atoms with Crippen molar-refractivity contribution in [1.82, 2.24) is 4.98 Å². The second-order valence-corrected chi connectivity index (χ2v) is 18.2. The van der Waals surface area contributed by atoms with Crippen molar-refractivity contribution in [1.29, 1.82) is 0 Å². The molecule has 2 heterocycles. The summed E-state index contributed by atoms with van der Waals surface area (Å²) in [6.45, 7) is 19.9. The van der Waals surface area contributed by atoms with E-state index < -0.39 is 38.0 Å². The summed E-state index contributed by atoms with van der Waals surface area (Å²) in [7, 11) is -2.18. The second kappa shape index (κ2) is 15.6. The number of rotatable bonds is 7. The Kier molecular flexibility index (Phi) is 13.4. The molecular weight excluding hydrogens is 551 g/mol. The first kappa shape index (κ1) is 35.3. The number of aryl methyl sites for hydroxylation is 1. The number of cyclic esters (lactones) is 1. The Labute approximate surface area is 253 Å². The molecule has 6 nitrogen and oxygen atoms in total. The third kappa shape index (κ3) is 9.57. The second-order valence-electron chi connectivity index (χ2n) is 12.4. The first-order chi connectivity index (χ1) is 19.2. The van der Waals surface area contributed by atoms with E-state index in [1.165, 1.54) is 0 Å². The molecule has 230 valence electrons. The summed E-state index contributed by atoms with van der Waals surface area (Å²) < 4.78 is 13.1. The average molecular weight is 604 g/mol. The molecule has 41 heavy (non-hydrogen) atoms. The van der Waals surface area contributed by atoms with Crippen LogP contribution in [0.15, 0.2) is 34.8 Å². The van der Waals surface area contributed by atoms with E-state index in [0.717, 1.165) is 40.0 Å². The van der Waals surface area contributed by atoms with Crippen LogP contribution < -0.4 is 0 Å². The lowest BCUT2D eigenvalue weighted by Gasteiger charge is -2.42. The van der Waals surface area contributed by atoms with Crippen molar-refractivity contribution in [3.63, 3.8) is 0 Å². The van der Waals surface area contributed by atoms with Gasteiger partial charge in [-0.15, -0.1) is 11.3 Å². The van der Waals surface area contributed by atoms with Crippen molar-refractivity contribution in [2.75, 3.05) is 0 Å². The van der Waals surface area contributed by atoms with Crippen LogP contribution in [-0.4, -0.2) is 48.5 Å². The number of carbonyl (C=O) groups excluding carboxylic acids is 2. The minimum atomic E-state index is -2.18. The number of hydrogen-bond donors (Lipinski definition) is 1. The molecule has 1 unspecified atom stereocenters. The molecule has 2 rings (SSSR count). The zero-order valence-corrected chi connectivity index (χ0v) is 28.8. The number of thiazole rings is 1. The number of carbonyl (C=O) groups is 2. The SMILES string of the molecule is CC[Si](CC)(CC)O[C@H]1CC(=O)OC(/C(C)=C/c2csc(C)n2)C/C=C(C)\C=C\C[C@H](C)[C@H](O)[C@@H](C)C(=O)C1(C)C. The number of aliphatic hydroxyl groups is 1. The highest BCUT2D eigenvalue weighted by atomic mass is 32.1. The van der Waals surface area contributed by atoms with Crippen LogP contribution in [0.25, 0.3) is 6.08 Å². The van der Waals surface area contributed by atoms with Gasteiger partial charge in [-0.2, -0.15) is 0 Å². The van der Waals surface area contributed by atoms with E-state index in [9.17, 15) is 14.7 Å². The molecule has 0 spiro atoms. The van der Waals surface area contributed by atoms with E-state index in [2.05, 4.69) is 31.8 Å². The lowest BCUT2D eigenvalue weighted by molar-refractivity contribution is -0.153. The Balaban J connectivity index is 2.56. The van der Waals surface area contributed by atoms with E-state index in [1.54, 1.807) is 18.3 Å². The van der Waals surface area contributed by atoms with Crippen LogP contribution in [-0.2, 0) is 18.8 Å². The molecule has 5 atom stereocenters. The molecule has 1 aromatic heterocycles. The Morgan fingerprint density at radius 3 is 2.37 bits per heavy atom. The van der Waals surface area contributed by atoms with Crippen LogP contribution in [0.5, 0.6) is 0 Å². The number of ketones is 1. The molecule has 0 saturated carbocycles. The maximum atomic E-state index is 14.0. The number of ether oxygens (including phenoxy) is 1. The van der Waals surface area contributed by atoms with Gasteiger partial charge in [0.05, 0.1) is 29.3 Å². The summed E-state index contributed by atoms with van der Waals surface area (Å²) in [5, 5.41) is 14.1. The molecular formula is C33H53NO5SSi. The van der Waals surface area contributed by atoms with Crippen LogP contribution in [0.1, 0.15) is 92.3 Å². The Morgan fingerprint density at radius 1 is 1.17 bits per heavy atom. The zero-order chi connectivity index (χ0) is 31.0.